The summed E-state index contributed by atoms with van der Waals surface area (Å²) >= 11 is 6.41. The Hall–Kier alpha value is -2.63. The van der Waals surface area contributed by atoms with Crippen LogP contribution in [0.1, 0.15) is 5.56 Å². The second kappa shape index (κ2) is 6.83. The predicted octanol–water partition coefficient (Wildman–Crippen LogP) is 2.67. The smallest absolute Gasteiger partial charge is 0.156 e. The molecule has 0 spiro atoms. The maximum Gasteiger partial charge on any atom is 0.156 e. The van der Waals surface area contributed by atoms with E-state index in [1.165, 1.54) is 5.56 Å². The fraction of sp³-hybridized carbons (Fsp3) is 0.238. The number of hydrogen-bond acceptors (Lipinski definition) is 3. The van der Waals surface area contributed by atoms with Crippen molar-refractivity contribution in [3.05, 3.63) is 65.4 Å². The number of benzene rings is 2. The average molecular weight is 379 g/mol. The summed E-state index contributed by atoms with van der Waals surface area (Å²) in [5, 5.41) is 1.70. The third-order valence-electron chi connectivity index (χ3n) is 5.40. The monoisotopic (exact) mass is 378 g/mol. The first kappa shape index (κ1) is 16.5. The van der Waals surface area contributed by atoms with E-state index >= 15 is 0 Å². The third-order valence-corrected chi connectivity index (χ3v) is 5.72. The van der Waals surface area contributed by atoms with Crippen molar-refractivity contribution in [2.75, 3.05) is 31.1 Å². The molecular weight excluding hydrogens is 358 g/mol. The number of hydrogen-bond donors (Lipinski definition) is 2. The maximum atomic E-state index is 6.41. The third kappa shape index (κ3) is 3.03. The van der Waals surface area contributed by atoms with E-state index in [1.54, 1.807) is 11.2 Å². The summed E-state index contributed by atoms with van der Waals surface area (Å²) in [5.41, 5.74) is 4.29. The molecule has 1 aliphatic rings. The van der Waals surface area contributed by atoms with E-state index in [-0.39, 0.29) is 0 Å². The number of fused-ring (bicyclic) bond motifs is 3. The van der Waals surface area contributed by atoms with Crippen LogP contribution in [0.5, 0.6) is 0 Å². The van der Waals surface area contributed by atoms with E-state index in [1.807, 2.05) is 18.2 Å². The number of aromatic amines is 1. The van der Waals surface area contributed by atoms with E-state index in [2.05, 4.69) is 50.2 Å². The summed E-state index contributed by atoms with van der Waals surface area (Å²) in [6.07, 6.45) is 1.65. The molecule has 0 amide bonds. The lowest BCUT2D eigenvalue weighted by molar-refractivity contribution is -0.914. The second-order valence-electron chi connectivity index (χ2n) is 7.11. The van der Waals surface area contributed by atoms with Gasteiger partial charge >= 0.3 is 0 Å². The van der Waals surface area contributed by atoms with Gasteiger partial charge in [-0.3, -0.25) is 0 Å². The maximum absolute atomic E-state index is 6.41. The first-order chi connectivity index (χ1) is 13.3. The zero-order chi connectivity index (χ0) is 18.2. The Kier molecular flexibility index (Phi) is 4.19. The van der Waals surface area contributed by atoms with Crippen molar-refractivity contribution in [1.82, 2.24) is 15.0 Å². The Labute approximate surface area is 162 Å². The molecule has 5 nitrogen and oxygen atoms in total. The van der Waals surface area contributed by atoms with Crippen molar-refractivity contribution in [2.45, 2.75) is 6.54 Å². The molecule has 1 aliphatic heterocycles. The number of quaternary nitrogens is 1. The van der Waals surface area contributed by atoms with Crippen LogP contribution in [0.25, 0.3) is 21.9 Å². The van der Waals surface area contributed by atoms with Crippen LogP contribution in [-0.4, -0.2) is 41.1 Å². The van der Waals surface area contributed by atoms with Crippen molar-refractivity contribution < 1.29 is 4.90 Å². The van der Waals surface area contributed by atoms with Gasteiger partial charge in [-0.1, -0.05) is 48.0 Å². The Balaban J connectivity index is 1.40. The van der Waals surface area contributed by atoms with Crippen molar-refractivity contribution >= 4 is 39.4 Å². The highest BCUT2D eigenvalue weighted by Gasteiger charge is 2.24. The molecule has 1 fully saturated rings. The molecule has 136 valence electrons. The van der Waals surface area contributed by atoms with Gasteiger partial charge in [0.05, 0.1) is 31.2 Å². The number of nitrogens with one attached hydrogen (secondary N) is 2. The molecule has 6 heteroatoms. The summed E-state index contributed by atoms with van der Waals surface area (Å²) < 4.78 is 0. The summed E-state index contributed by atoms with van der Waals surface area (Å²) in [6.45, 7) is 5.24. The van der Waals surface area contributed by atoms with E-state index in [0.29, 0.717) is 0 Å². The highest BCUT2D eigenvalue weighted by molar-refractivity contribution is 6.37. The molecule has 5 rings (SSSR count). The number of rotatable bonds is 3. The molecular formula is C21H21ClN5+. The van der Waals surface area contributed by atoms with Gasteiger partial charge in [-0.05, 0) is 12.1 Å². The lowest BCUT2D eigenvalue weighted by Gasteiger charge is -2.33. The second-order valence-corrected chi connectivity index (χ2v) is 7.51. The van der Waals surface area contributed by atoms with Crippen LogP contribution >= 0.6 is 11.6 Å². The first-order valence-electron chi connectivity index (χ1n) is 9.33. The molecule has 1 saturated heterocycles. The fourth-order valence-electron chi connectivity index (χ4n) is 4.02. The number of anilines is 1. The average Bonchev–Trinajstić information content (AvgIpc) is 3.09. The summed E-state index contributed by atoms with van der Waals surface area (Å²) in [7, 11) is 0. The molecule has 2 aromatic heterocycles. The molecule has 0 unspecified atom stereocenters. The van der Waals surface area contributed by atoms with Crippen LogP contribution in [0.15, 0.2) is 54.9 Å². The lowest BCUT2D eigenvalue weighted by Crippen LogP contribution is -3.13. The fourth-order valence-corrected chi connectivity index (χ4v) is 4.28. The van der Waals surface area contributed by atoms with Gasteiger partial charge in [-0.25, -0.2) is 9.97 Å². The number of aromatic nitrogens is 3. The van der Waals surface area contributed by atoms with Gasteiger partial charge in [-0.15, -0.1) is 0 Å². The Morgan fingerprint density at radius 3 is 2.63 bits per heavy atom. The van der Waals surface area contributed by atoms with Crippen molar-refractivity contribution in [3.8, 4) is 0 Å². The largest absolute Gasteiger partial charge is 0.350 e. The molecule has 27 heavy (non-hydrogen) atoms. The van der Waals surface area contributed by atoms with Gasteiger partial charge in [0.2, 0.25) is 0 Å². The van der Waals surface area contributed by atoms with E-state index in [9.17, 15) is 0 Å². The van der Waals surface area contributed by atoms with Crippen molar-refractivity contribution in [3.63, 3.8) is 0 Å². The minimum atomic E-state index is 0.723. The van der Waals surface area contributed by atoms with Crippen LogP contribution in [0.2, 0.25) is 5.02 Å². The van der Waals surface area contributed by atoms with E-state index in [0.717, 1.165) is 65.5 Å². The number of nitrogens with zero attached hydrogens (tertiary/aromatic N) is 3. The van der Waals surface area contributed by atoms with Crippen molar-refractivity contribution in [1.29, 1.82) is 0 Å². The standard InChI is InChI=1S/C21H20ClN5/c22-16-7-4-8-17-18(16)19-20(25-17)21(24-14-23-19)27-11-9-26(10-12-27)13-15-5-2-1-3-6-15/h1-8,14,25H,9-13H2/p+1. The first-order valence-corrected chi connectivity index (χ1v) is 9.71. The van der Waals surface area contributed by atoms with Gasteiger partial charge in [0.1, 0.15) is 23.9 Å². The Morgan fingerprint density at radius 1 is 1.00 bits per heavy atom. The molecule has 4 aromatic rings. The molecule has 0 radical (unpaired) electrons. The number of H-pyrrole nitrogens is 1. The minimum absolute atomic E-state index is 0.723. The van der Waals surface area contributed by atoms with Gasteiger partial charge in [0.15, 0.2) is 5.82 Å². The predicted molar refractivity (Wildman–Crippen MR) is 109 cm³/mol. The van der Waals surface area contributed by atoms with Crippen LogP contribution in [-0.2, 0) is 6.54 Å². The van der Waals surface area contributed by atoms with Gasteiger partial charge < -0.3 is 14.8 Å². The summed E-state index contributed by atoms with van der Waals surface area (Å²) in [4.78, 5) is 16.5. The highest BCUT2D eigenvalue weighted by atomic mass is 35.5. The highest BCUT2D eigenvalue weighted by Crippen LogP contribution is 2.33. The van der Waals surface area contributed by atoms with E-state index in [4.69, 9.17) is 11.6 Å². The molecule has 0 aliphatic carbocycles. The number of piperazine rings is 1. The molecule has 3 heterocycles. The van der Waals surface area contributed by atoms with Crippen LogP contribution in [0, 0.1) is 0 Å². The van der Waals surface area contributed by atoms with Crippen LogP contribution in [0.4, 0.5) is 5.82 Å². The zero-order valence-electron chi connectivity index (χ0n) is 15.0. The molecule has 0 bridgehead atoms. The quantitative estimate of drug-likeness (QED) is 0.576. The summed E-state index contributed by atoms with van der Waals surface area (Å²) in [5.74, 6) is 0.978. The SMILES string of the molecule is Clc1cccc2[nH]c3c(N4CC[NH+](Cc5ccccc5)CC4)ncnc3c12. The van der Waals surface area contributed by atoms with Crippen LogP contribution in [0.3, 0.4) is 0 Å². The minimum Gasteiger partial charge on any atom is -0.350 e. The lowest BCUT2D eigenvalue weighted by atomic mass is 10.2. The topological polar surface area (TPSA) is 49.2 Å². The zero-order valence-corrected chi connectivity index (χ0v) is 15.7. The van der Waals surface area contributed by atoms with Gasteiger partial charge in [0.25, 0.3) is 0 Å². The molecule has 0 atom stereocenters. The van der Waals surface area contributed by atoms with Gasteiger partial charge in [-0.2, -0.15) is 0 Å². The van der Waals surface area contributed by atoms with Gasteiger partial charge in [0, 0.05) is 16.5 Å². The Bertz CT molecular complexity index is 1080. The summed E-state index contributed by atoms with van der Waals surface area (Å²) in [6, 6.07) is 16.6. The number of halogens is 1. The molecule has 0 saturated carbocycles. The normalized spacial score (nSPS) is 15.7. The Morgan fingerprint density at radius 2 is 1.81 bits per heavy atom. The molecule has 2 N–H and O–H groups in total. The van der Waals surface area contributed by atoms with Crippen LogP contribution < -0.4 is 9.80 Å². The van der Waals surface area contributed by atoms with Crippen molar-refractivity contribution in [2.24, 2.45) is 0 Å². The van der Waals surface area contributed by atoms with E-state index < -0.39 is 0 Å². The molecule has 2 aromatic carbocycles.